The summed E-state index contributed by atoms with van der Waals surface area (Å²) in [5.41, 5.74) is 2.67. The first-order chi connectivity index (χ1) is 12.5. The fourth-order valence-electron chi connectivity index (χ4n) is 2.56. The molecule has 4 rings (SSSR count). The molecule has 0 saturated heterocycles. The molecule has 0 radical (unpaired) electrons. The Morgan fingerprint density at radius 1 is 0.962 bits per heavy atom. The first-order valence-electron chi connectivity index (χ1n) is 7.90. The Balaban J connectivity index is 1.73. The van der Waals surface area contributed by atoms with E-state index in [1.54, 1.807) is 36.5 Å². The third-order valence-electron chi connectivity index (χ3n) is 3.87. The minimum atomic E-state index is -3.77. The molecule has 8 heteroatoms. The van der Waals surface area contributed by atoms with Crippen molar-refractivity contribution in [3.63, 3.8) is 0 Å². The van der Waals surface area contributed by atoms with Crippen molar-refractivity contribution in [3.05, 3.63) is 72.4 Å². The van der Waals surface area contributed by atoms with E-state index in [2.05, 4.69) is 19.8 Å². The molecule has 0 unspecified atom stereocenters. The highest BCUT2D eigenvalue weighted by atomic mass is 32.2. The van der Waals surface area contributed by atoms with Crippen LogP contribution in [-0.4, -0.2) is 28.0 Å². The van der Waals surface area contributed by atoms with E-state index >= 15 is 0 Å². The number of benzene rings is 2. The summed E-state index contributed by atoms with van der Waals surface area (Å²) in [6.07, 6.45) is 1.62. The van der Waals surface area contributed by atoms with Gasteiger partial charge < -0.3 is 0 Å². The number of aryl methyl sites for hydroxylation is 1. The van der Waals surface area contributed by atoms with Crippen LogP contribution in [0.5, 0.6) is 0 Å². The zero-order valence-electron chi connectivity index (χ0n) is 13.9. The molecule has 0 saturated carbocycles. The molecule has 7 nitrogen and oxygen atoms in total. The molecule has 0 aliphatic heterocycles. The smallest absolute Gasteiger partial charge is 0.246 e. The number of anilines is 1. The predicted molar refractivity (Wildman–Crippen MR) is 98.2 cm³/mol. The summed E-state index contributed by atoms with van der Waals surface area (Å²) in [5, 5.41) is 4.27. The number of nitrogens with one attached hydrogen (secondary N) is 1. The average molecular weight is 365 g/mol. The maximum absolute atomic E-state index is 12.5. The Morgan fingerprint density at radius 2 is 1.69 bits per heavy atom. The molecule has 26 heavy (non-hydrogen) atoms. The molecule has 2 aromatic heterocycles. The minimum absolute atomic E-state index is 0.0264. The molecular formula is C18H15N5O2S. The molecule has 4 aromatic rings. The molecule has 1 N–H and O–H groups in total. The topological polar surface area (TPSA) is 89.2 Å². The molecular weight excluding hydrogens is 350 g/mol. The summed E-state index contributed by atoms with van der Waals surface area (Å²) < 4.78 is 29.0. The van der Waals surface area contributed by atoms with Gasteiger partial charge in [-0.1, -0.05) is 48.0 Å². The van der Waals surface area contributed by atoms with Crippen LogP contribution in [-0.2, 0) is 10.0 Å². The van der Waals surface area contributed by atoms with Gasteiger partial charge in [-0.2, -0.15) is 9.50 Å². The van der Waals surface area contributed by atoms with Gasteiger partial charge in [0.15, 0.2) is 0 Å². The molecule has 2 aromatic carbocycles. The van der Waals surface area contributed by atoms with Crippen LogP contribution in [0, 0.1) is 6.92 Å². The van der Waals surface area contributed by atoms with E-state index in [0.717, 1.165) is 16.8 Å². The lowest BCUT2D eigenvalue weighted by molar-refractivity contribution is 0.601. The summed E-state index contributed by atoms with van der Waals surface area (Å²) in [4.78, 5) is 8.49. The van der Waals surface area contributed by atoms with Gasteiger partial charge in [0.2, 0.25) is 0 Å². The second-order valence-electron chi connectivity index (χ2n) is 5.76. The van der Waals surface area contributed by atoms with Gasteiger partial charge in [0.25, 0.3) is 21.7 Å². The molecule has 0 atom stereocenters. The van der Waals surface area contributed by atoms with Crippen molar-refractivity contribution >= 4 is 21.7 Å². The second-order valence-corrected chi connectivity index (χ2v) is 7.44. The maximum Gasteiger partial charge on any atom is 0.264 e. The highest BCUT2D eigenvalue weighted by Crippen LogP contribution is 2.20. The average Bonchev–Trinajstić information content (AvgIpc) is 3.04. The van der Waals surface area contributed by atoms with E-state index in [9.17, 15) is 8.42 Å². The van der Waals surface area contributed by atoms with Crippen molar-refractivity contribution in [1.29, 1.82) is 0 Å². The molecule has 2 heterocycles. The van der Waals surface area contributed by atoms with Gasteiger partial charge in [-0.3, -0.25) is 0 Å². The van der Waals surface area contributed by atoms with Crippen LogP contribution >= 0.6 is 0 Å². The van der Waals surface area contributed by atoms with Crippen molar-refractivity contribution < 1.29 is 8.42 Å². The highest BCUT2D eigenvalue weighted by Gasteiger charge is 2.18. The van der Waals surface area contributed by atoms with Gasteiger partial charge in [0.05, 0.1) is 10.6 Å². The summed E-state index contributed by atoms with van der Waals surface area (Å²) in [5.74, 6) is 0.286. The van der Waals surface area contributed by atoms with Gasteiger partial charge in [0, 0.05) is 11.8 Å². The van der Waals surface area contributed by atoms with Crippen molar-refractivity contribution in [1.82, 2.24) is 19.6 Å². The van der Waals surface area contributed by atoms with Crippen molar-refractivity contribution in [2.45, 2.75) is 11.8 Å². The van der Waals surface area contributed by atoms with E-state index in [0.29, 0.717) is 5.78 Å². The van der Waals surface area contributed by atoms with Gasteiger partial charge in [-0.15, -0.1) is 5.10 Å². The van der Waals surface area contributed by atoms with Crippen LogP contribution in [0.1, 0.15) is 5.56 Å². The van der Waals surface area contributed by atoms with Crippen LogP contribution in [0.4, 0.5) is 5.95 Å². The van der Waals surface area contributed by atoms with E-state index < -0.39 is 10.0 Å². The molecule has 130 valence electrons. The Bertz CT molecular complexity index is 1170. The molecule has 0 amide bonds. The molecule has 0 aliphatic carbocycles. The molecule has 0 spiro atoms. The monoisotopic (exact) mass is 365 g/mol. The van der Waals surface area contributed by atoms with Crippen LogP contribution in [0.2, 0.25) is 0 Å². The SMILES string of the molecule is Cc1ccc(S(=O)(=O)Nc2nc3nccc(-c4ccccc4)n3n2)cc1. The summed E-state index contributed by atoms with van der Waals surface area (Å²) in [6, 6.07) is 18.0. The lowest BCUT2D eigenvalue weighted by atomic mass is 10.1. The van der Waals surface area contributed by atoms with E-state index in [1.165, 1.54) is 4.52 Å². The van der Waals surface area contributed by atoms with Gasteiger partial charge in [-0.05, 0) is 25.1 Å². The Hall–Kier alpha value is -3.26. The number of rotatable bonds is 4. The van der Waals surface area contributed by atoms with E-state index in [1.807, 2.05) is 37.3 Å². The maximum atomic E-state index is 12.5. The summed E-state index contributed by atoms with van der Waals surface area (Å²) in [7, 11) is -3.77. The number of hydrogen-bond acceptors (Lipinski definition) is 5. The van der Waals surface area contributed by atoms with E-state index in [-0.39, 0.29) is 10.8 Å². The number of sulfonamides is 1. The van der Waals surface area contributed by atoms with Crippen LogP contribution in [0.3, 0.4) is 0 Å². The van der Waals surface area contributed by atoms with Crippen LogP contribution < -0.4 is 4.72 Å². The van der Waals surface area contributed by atoms with E-state index in [4.69, 9.17) is 0 Å². The molecule has 0 fully saturated rings. The predicted octanol–water partition coefficient (Wildman–Crippen LogP) is 2.90. The molecule has 0 aliphatic rings. The van der Waals surface area contributed by atoms with Gasteiger partial charge >= 0.3 is 0 Å². The fraction of sp³-hybridized carbons (Fsp3) is 0.0556. The number of fused-ring (bicyclic) bond motifs is 1. The Labute approximate surface area is 150 Å². The normalized spacial score (nSPS) is 11.6. The van der Waals surface area contributed by atoms with Crippen LogP contribution in [0.15, 0.2) is 71.8 Å². The summed E-state index contributed by atoms with van der Waals surface area (Å²) in [6.45, 7) is 1.89. The molecule has 0 bridgehead atoms. The highest BCUT2D eigenvalue weighted by molar-refractivity contribution is 7.92. The largest absolute Gasteiger partial charge is 0.264 e. The first kappa shape index (κ1) is 16.2. The number of nitrogens with zero attached hydrogens (tertiary/aromatic N) is 4. The fourth-order valence-corrected chi connectivity index (χ4v) is 3.50. The number of hydrogen-bond donors (Lipinski definition) is 1. The lowest BCUT2D eigenvalue weighted by Gasteiger charge is -2.04. The zero-order valence-corrected chi connectivity index (χ0v) is 14.7. The zero-order chi connectivity index (χ0) is 18.1. The standard InChI is InChI=1S/C18H15N5O2S/c1-13-7-9-15(10-8-13)26(24,25)22-17-20-18-19-12-11-16(23(18)21-17)14-5-3-2-4-6-14/h2-12H,1H3,(H,21,22). The van der Waals surface area contributed by atoms with Gasteiger partial charge in [-0.25, -0.2) is 18.1 Å². The quantitative estimate of drug-likeness (QED) is 0.601. The Kier molecular flexibility index (Phi) is 3.89. The Morgan fingerprint density at radius 3 is 2.42 bits per heavy atom. The number of aromatic nitrogens is 4. The van der Waals surface area contributed by atoms with Gasteiger partial charge in [0.1, 0.15) is 0 Å². The van der Waals surface area contributed by atoms with Crippen molar-refractivity contribution in [2.24, 2.45) is 0 Å². The first-order valence-corrected chi connectivity index (χ1v) is 9.38. The third kappa shape index (κ3) is 3.02. The van der Waals surface area contributed by atoms with Crippen molar-refractivity contribution in [3.8, 4) is 11.3 Å². The second kappa shape index (κ2) is 6.23. The van der Waals surface area contributed by atoms with Crippen molar-refractivity contribution in [2.75, 3.05) is 4.72 Å². The summed E-state index contributed by atoms with van der Waals surface area (Å²) >= 11 is 0. The third-order valence-corrected chi connectivity index (χ3v) is 5.21. The van der Waals surface area contributed by atoms with Crippen LogP contribution in [0.25, 0.3) is 17.0 Å². The minimum Gasteiger partial charge on any atom is -0.246 e. The lowest BCUT2D eigenvalue weighted by Crippen LogP contribution is -2.14.